The van der Waals surface area contributed by atoms with Crippen molar-refractivity contribution >= 4 is 17.5 Å². The van der Waals surface area contributed by atoms with Gasteiger partial charge in [0.1, 0.15) is 5.69 Å². The predicted molar refractivity (Wildman–Crippen MR) is 69.0 cm³/mol. The van der Waals surface area contributed by atoms with E-state index in [4.69, 9.17) is 15.3 Å². The minimum Gasteiger partial charge on any atom is -0.378 e. The van der Waals surface area contributed by atoms with Crippen molar-refractivity contribution in [3.63, 3.8) is 0 Å². The number of carbonyl (C=O) groups excluding carboxylic acids is 1. The lowest BCUT2D eigenvalue weighted by atomic mass is 10.3. The molecule has 8 heteroatoms. The summed E-state index contributed by atoms with van der Waals surface area (Å²) >= 11 is 0. The Kier molecular flexibility index (Phi) is 4.13. The van der Waals surface area contributed by atoms with Gasteiger partial charge in [-0.25, -0.2) is 9.97 Å². The predicted octanol–water partition coefficient (Wildman–Crippen LogP) is -0.590. The number of nitrogens with zero attached hydrogens (tertiary/aromatic N) is 4. The summed E-state index contributed by atoms with van der Waals surface area (Å²) in [5.41, 5.74) is 5.93. The maximum Gasteiger partial charge on any atom is 0.269 e. The summed E-state index contributed by atoms with van der Waals surface area (Å²) in [4.78, 5) is 26.9. The van der Waals surface area contributed by atoms with E-state index < -0.39 is 5.91 Å². The third-order valence-corrected chi connectivity index (χ3v) is 2.90. The zero-order chi connectivity index (χ0) is 13.8. The SMILES string of the molecule is CON(C)c1cnc(N2CCOCC2)nc1C(N)=O. The number of hydrogen-bond acceptors (Lipinski definition) is 7. The summed E-state index contributed by atoms with van der Waals surface area (Å²) in [6.45, 7) is 2.62. The summed E-state index contributed by atoms with van der Waals surface area (Å²) in [6, 6.07) is 0. The van der Waals surface area contributed by atoms with Gasteiger partial charge in [-0.2, -0.15) is 0 Å². The maximum atomic E-state index is 11.5. The van der Waals surface area contributed by atoms with E-state index >= 15 is 0 Å². The Morgan fingerprint density at radius 1 is 1.53 bits per heavy atom. The number of anilines is 2. The van der Waals surface area contributed by atoms with Crippen LogP contribution in [-0.2, 0) is 9.57 Å². The molecule has 0 bridgehead atoms. The number of rotatable bonds is 4. The highest BCUT2D eigenvalue weighted by atomic mass is 16.7. The van der Waals surface area contributed by atoms with Gasteiger partial charge in [-0.15, -0.1) is 0 Å². The number of aromatic nitrogens is 2. The molecule has 2 heterocycles. The monoisotopic (exact) mass is 267 g/mol. The number of hydrogen-bond donors (Lipinski definition) is 1. The zero-order valence-electron chi connectivity index (χ0n) is 11.0. The van der Waals surface area contributed by atoms with E-state index in [9.17, 15) is 4.79 Å². The van der Waals surface area contributed by atoms with Gasteiger partial charge in [0.2, 0.25) is 5.95 Å². The number of nitrogens with two attached hydrogens (primary N) is 1. The second-order valence-corrected chi connectivity index (χ2v) is 4.05. The first-order valence-corrected chi connectivity index (χ1v) is 5.91. The van der Waals surface area contributed by atoms with E-state index in [1.54, 1.807) is 7.05 Å². The first-order valence-electron chi connectivity index (χ1n) is 5.91. The Morgan fingerprint density at radius 3 is 2.79 bits per heavy atom. The molecular formula is C11H17N5O3. The third-order valence-electron chi connectivity index (χ3n) is 2.90. The molecule has 0 unspecified atom stereocenters. The van der Waals surface area contributed by atoms with Crippen molar-refractivity contribution in [1.82, 2.24) is 9.97 Å². The average Bonchev–Trinajstić information content (AvgIpc) is 2.46. The first kappa shape index (κ1) is 13.5. The quantitative estimate of drug-likeness (QED) is 0.729. The van der Waals surface area contributed by atoms with Crippen LogP contribution in [-0.4, -0.2) is 56.3 Å². The highest BCUT2D eigenvalue weighted by Crippen LogP contribution is 2.19. The smallest absolute Gasteiger partial charge is 0.269 e. The molecule has 8 nitrogen and oxygen atoms in total. The van der Waals surface area contributed by atoms with Crippen LogP contribution in [0.2, 0.25) is 0 Å². The fourth-order valence-corrected chi connectivity index (χ4v) is 1.79. The topological polar surface area (TPSA) is 93.8 Å². The molecule has 1 aromatic heterocycles. The molecule has 0 spiro atoms. The van der Waals surface area contributed by atoms with Gasteiger partial charge in [-0.1, -0.05) is 0 Å². The minimum atomic E-state index is -0.615. The molecule has 0 saturated carbocycles. The van der Waals surface area contributed by atoms with Crippen LogP contribution < -0.4 is 15.7 Å². The molecule has 2 N–H and O–H groups in total. The molecule has 19 heavy (non-hydrogen) atoms. The lowest BCUT2D eigenvalue weighted by molar-refractivity contribution is 0.0992. The van der Waals surface area contributed by atoms with E-state index in [1.807, 2.05) is 4.90 Å². The summed E-state index contributed by atoms with van der Waals surface area (Å²) in [7, 11) is 3.14. The maximum absolute atomic E-state index is 11.5. The van der Waals surface area contributed by atoms with E-state index in [-0.39, 0.29) is 5.69 Å². The molecule has 1 aliphatic rings. The van der Waals surface area contributed by atoms with Crippen LogP contribution >= 0.6 is 0 Å². The molecule has 1 aromatic rings. The van der Waals surface area contributed by atoms with Crippen LogP contribution in [0.15, 0.2) is 6.20 Å². The van der Waals surface area contributed by atoms with Gasteiger partial charge in [-0.3, -0.25) is 14.7 Å². The standard InChI is InChI=1S/C11H17N5O3/c1-15(18-2)8-7-13-11(14-9(8)10(12)17)16-3-5-19-6-4-16/h7H,3-6H2,1-2H3,(H2,12,17). The first-order chi connectivity index (χ1) is 9.13. The molecule has 1 fully saturated rings. The Hall–Kier alpha value is -1.93. The Morgan fingerprint density at radius 2 is 2.21 bits per heavy atom. The fourth-order valence-electron chi connectivity index (χ4n) is 1.79. The van der Waals surface area contributed by atoms with Crippen LogP contribution in [0.1, 0.15) is 10.5 Å². The van der Waals surface area contributed by atoms with Crippen molar-refractivity contribution < 1.29 is 14.4 Å². The van der Waals surface area contributed by atoms with E-state index in [0.29, 0.717) is 37.9 Å². The number of carbonyl (C=O) groups is 1. The van der Waals surface area contributed by atoms with E-state index in [0.717, 1.165) is 0 Å². The van der Waals surface area contributed by atoms with Gasteiger partial charge in [-0.05, 0) is 0 Å². The lowest BCUT2D eigenvalue weighted by Crippen LogP contribution is -2.38. The Balaban J connectivity index is 2.32. The van der Waals surface area contributed by atoms with Gasteiger partial charge >= 0.3 is 0 Å². The van der Waals surface area contributed by atoms with Gasteiger partial charge in [0, 0.05) is 20.1 Å². The van der Waals surface area contributed by atoms with E-state index in [2.05, 4.69) is 9.97 Å². The van der Waals surface area contributed by atoms with Crippen molar-refractivity contribution in [2.75, 3.05) is 50.4 Å². The van der Waals surface area contributed by atoms with Gasteiger partial charge in [0.25, 0.3) is 5.91 Å². The molecule has 0 aromatic carbocycles. The summed E-state index contributed by atoms with van der Waals surface area (Å²) in [6.07, 6.45) is 1.53. The number of primary amides is 1. The largest absolute Gasteiger partial charge is 0.378 e. The van der Waals surface area contributed by atoms with Crippen LogP contribution in [0.3, 0.4) is 0 Å². The van der Waals surface area contributed by atoms with Crippen molar-refractivity contribution in [1.29, 1.82) is 0 Å². The summed E-state index contributed by atoms with van der Waals surface area (Å²) < 4.78 is 5.26. The van der Waals surface area contributed by atoms with Crippen molar-refractivity contribution in [3.8, 4) is 0 Å². The van der Waals surface area contributed by atoms with Crippen LogP contribution in [0.4, 0.5) is 11.6 Å². The zero-order valence-corrected chi connectivity index (χ0v) is 11.0. The Bertz CT molecular complexity index is 462. The third kappa shape index (κ3) is 2.91. The average molecular weight is 267 g/mol. The van der Waals surface area contributed by atoms with Crippen LogP contribution in [0.5, 0.6) is 0 Å². The molecule has 0 aliphatic carbocycles. The molecule has 2 rings (SSSR count). The van der Waals surface area contributed by atoms with Crippen LogP contribution in [0, 0.1) is 0 Å². The van der Waals surface area contributed by atoms with Crippen LogP contribution in [0.25, 0.3) is 0 Å². The highest BCUT2D eigenvalue weighted by Gasteiger charge is 2.20. The number of morpholine rings is 1. The molecule has 104 valence electrons. The van der Waals surface area contributed by atoms with E-state index in [1.165, 1.54) is 18.4 Å². The second-order valence-electron chi connectivity index (χ2n) is 4.05. The van der Waals surface area contributed by atoms with Crippen molar-refractivity contribution in [2.24, 2.45) is 5.73 Å². The van der Waals surface area contributed by atoms with Gasteiger partial charge in [0.05, 0.1) is 26.5 Å². The summed E-state index contributed by atoms with van der Waals surface area (Å²) in [5.74, 6) is -0.138. The molecule has 1 aliphatic heterocycles. The Labute approximate surface area is 111 Å². The van der Waals surface area contributed by atoms with Crippen molar-refractivity contribution in [3.05, 3.63) is 11.9 Å². The van der Waals surface area contributed by atoms with Gasteiger partial charge in [0.15, 0.2) is 5.69 Å². The lowest BCUT2D eigenvalue weighted by Gasteiger charge is -2.27. The molecule has 0 atom stereocenters. The fraction of sp³-hybridized carbons (Fsp3) is 0.545. The molecule has 0 radical (unpaired) electrons. The molecule has 1 saturated heterocycles. The van der Waals surface area contributed by atoms with Crippen molar-refractivity contribution in [2.45, 2.75) is 0 Å². The second kappa shape index (κ2) is 5.81. The highest BCUT2D eigenvalue weighted by molar-refractivity contribution is 5.96. The normalized spacial score (nSPS) is 15.4. The minimum absolute atomic E-state index is 0.140. The van der Waals surface area contributed by atoms with Gasteiger partial charge < -0.3 is 15.4 Å². The summed E-state index contributed by atoms with van der Waals surface area (Å²) in [5, 5.41) is 1.39. The number of amides is 1. The number of ether oxygens (including phenoxy) is 1. The molecule has 1 amide bonds. The molecular weight excluding hydrogens is 250 g/mol. The number of hydroxylamine groups is 1.